The van der Waals surface area contributed by atoms with Crippen molar-refractivity contribution in [3.05, 3.63) is 126 Å². The van der Waals surface area contributed by atoms with Crippen molar-refractivity contribution in [2.24, 2.45) is 0 Å². The quantitative estimate of drug-likeness (QED) is 0.229. The number of rotatable bonds is 11. The van der Waals surface area contributed by atoms with Crippen LogP contribution in [0.5, 0.6) is 0 Å². The molecule has 9 nitrogen and oxygen atoms in total. The smallest absolute Gasteiger partial charge is 0.212 e. The molecule has 1 saturated heterocycles. The summed E-state index contributed by atoms with van der Waals surface area (Å²) in [6.07, 6.45) is 0.972. The van der Waals surface area contributed by atoms with E-state index in [0.29, 0.717) is 29.8 Å². The highest BCUT2D eigenvalue weighted by Gasteiger charge is 2.59. The Balaban J connectivity index is 1.37. The molecule has 6 rings (SSSR count). The lowest BCUT2D eigenvalue weighted by Crippen LogP contribution is -2.43. The maximum atomic E-state index is 10.9. The molecule has 42 heavy (non-hydrogen) atoms. The van der Waals surface area contributed by atoms with Gasteiger partial charge < -0.3 is 29.7 Å². The highest BCUT2D eigenvalue weighted by atomic mass is 16.6. The average Bonchev–Trinajstić information content (AvgIpc) is 3.61. The number of nitriles is 1. The Bertz CT molecular complexity index is 1640. The van der Waals surface area contributed by atoms with E-state index in [1.165, 1.54) is 6.33 Å². The molecule has 0 saturated carbocycles. The number of hydrogen-bond acceptors (Lipinski definition) is 8. The Labute approximate surface area is 243 Å². The van der Waals surface area contributed by atoms with Gasteiger partial charge in [0.2, 0.25) is 5.60 Å². The van der Waals surface area contributed by atoms with Crippen LogP contribution in [0.25, 0.3) is 11.0 Å². The molecule has 1 aliphatic rings. The predicted molar refractivity (Wildman–Crippen MR) is 157 cm³/mol. The lowest BCUT2D eigenvalue weighted by molar-refractivity contribution is -0.0948. The number of benzene rings is 3. The zero-order valence-corrected chi connectivity index (χ0v) is 22.9. The Morgan fingerprint density at radius 1 is 0.833 bits per heavy atom. The molecule has 0 amide bonds. The number of ether oxygens (including phenoxy) is 4. The third kappa shape index (κ3) is 5.62. The van der Waals surface area contributed by atoms with Gasteiger partial charge in [-0.15, -0.1) is 0 Å². The second-order valence-electron chi connectivity index (χ2n) is 10.2. The number of aromatic amines is 1. The maximum absolute atomic E-state index is 10.9. The van der Waals surface area contributed by atoms with Gasteiger partial charge in [0, 0.05) is 11.8 Å². The Hall–Kier alpha value is -4.59. The molecule has 0 unspecified atom stereocenters. The predicted octanol–water partition coefficient (Wildman–Crippen LogP) is 5.05. The lowest BCUT2D eigenvalue weighted by atomic mass is 9.88. The van der Waals surface area contributed by atoms with Gasteiger partial charge in [-0.2, -0.15) is 5.26 Å². The molecule has 3 N–H and O–H groups in total. The molecule has 212 valence electrons. The maximum Gasteiger partial charge on any atom is 0.212 e. The van der Waals surface area contributed by atoms with Crippen molar-refractivity contribution >= 4 is 16.9 Å². The molecule has 3 aromatic carbocycles. The van der Waals surface area contributed by atoms with E-state index >= 15 is 0 Å². The van der Waals surface area contributed by atoms with Gasteiger partial charge in [-0.25, -0.2) is 9.97 Å². The Morgan fingerprint density at radius 3 is 2.05 bits per heavy atom. The minimum absolute atomic E-state index is 0.183. The minimum atomic E-state index is -1.57. The van der Waals surface area contributed by atoms with E-state index in [2.05, 4.69) is 21.0 Å². The summed E-state index contributed by atoms with van der Waals surface area (Å²) >= 11 is 0. The Morgan fingerprint density at radius 2 is 1.43 bits per heavy atom. The third-order valence-corrected chi connectivity index (χ3v) is 7.41. The van der Waals surface area contributed by atoms with Crippen LogP contribution in [0.4, 0.5) is 5.82 Å². The van der Waals surface area contributed by atoms with Crippen molar-refractivity contribution in [3.63, 3.8) is 0 Å². The average molecular weight is 562 g/mol. The summed E-state index contributed by atoms with van der Waals surface area (Å²) in [6.45, 7) is 1.13. The van der Waals surface area contributed by atoms with Crippen LogP contribution in [0.3, 0.4) is 0 Å². The number of nitrogens with two attached hydrogens (primary N) is 1. The molecule has 0 aliphatic carbocycles. The van der Waals surface area contributed by atoms with Crippen LogP contribution in [0, 0.1) is 11.3 Å². The molecule has 4 atom stereocenters. The van der Waals surface area contributed by atoms with E-state index in [1.54, 1.807) is 6.20 Å². The van der Waals surface area contributed by atoms with Crippen LogP contribution in [0.2, 0.25) is 0 Å². The fraction of sp³-hybridized carbons (Fsp3) is 0.242. The SMILES string of the molecule is N#C[C@@]1(c2c[nH]c3c(N)ncnc23)O[C@H](COCc2ccccc2)[C@@H](OCc2ccccc2)[C@H]1OCc1ccccc1. The van der Waals surface area contributed by atoms with Crippen molar-refractivity contribution < 1.29 is 18.9 Å². The summed E-state index contributed by atoms with van der Waals surface area (Å²) in [5.41, 5.74) is 9.06. The van der Waals surface area contributed by atoms with Crippen molar-refractivity contribution in [1.82, 2.24) is 15.0 Å². The van der Waals surface area contributed by atoms with Crippen LogP contribution >= 0.6 is 0 Å². The standard InChI is InChI=1S/C33H31N5O4/c34-21-33(26-16-36-29-28(26)37-22-38-32(29)35)31(41-19-25-14-8-3-9-15-25)30(40-18-24-12-6-2-7-13-24)27(42-33)20-39-17-23-10-4-1-5-11-23/h1-16,22,27,30-31,36H,17-20H2,(H2,35,37,38)/t27-,30-,31-,33+/m1/s1. The van der Waals surface area contributed by atoms with Crippen LogP contribution in [-0.4, -0.2) is 39.9 Å². The van der Waals surface area contributed by atoms with Gasteiger partial charge >= 0.3 is 0 Å². The molecule has 9 heteroatoms. The number of nitrogens with zero attached hydrogens (tertiary/aromatic N) is 3. The first kappa shape index (κ1) is 27.6. The highest BCUT2D eigenvalue weighted by Crippen LogP contribution is 2.45. The number of anilines is 1. The number of hydrogen-bond donors (Lipinski definition) is 2. The van der Waals surface area contributed by atoms with Crippen LogP contribution < -0.4 is 5.73 Å². The third-order valence-electron chi connectivity index (χ3n) is 7.41. The minimum Gasteiger partial charge on any atom is -0.382 e. The second-order valence-corrected chi connectivity index (χ2v) is 10.2. The lowest BCUT2D eigenvalue weighted by Gasteiger charge is -2.29. The number of nitrogens with one attached hydrogen (secondary N) is 1. The van der Waals surface area contributed by atoms with Crippen molar-refractivity contribution in [2.75, 3.05) is 12.3 Å². The first-order chi connectivity index (χ1) is 20.7. The molecular weight excluding hydrogens is 530 g/mol. The number of H-pyrrole nitrogens is 1. The fourth-order valence-corrected chi connectivity index (χ4v) is 5.34. The molecule has 0 spiro atoms. The summed E-state index contributed by atoms with van der Waals surface area (Å²) in [5.74, 6) is 0.277. The summed E-state index contributed by atoms with van der Waals surface area (Å²) in [4.78, 5) is 11.7. The first-order valence-electron chi connectivity index (χ1n) is 13.8. The molecule has 0 radical (unpaired) electrons. The fourth-order valence-electron chi connectivity index (χ4n) is 5.34. The van der Waals surface area contributed by atoms with Crippen molar-refractivity contribution in [2.45, 2.75) is 43.7 Å². The summed E-state index contributed by atoms with van der Waals surface area (Å²) < 4.78 is 25.9. The second kappa shape index (κ2) is 12.5. The van der Waals surface area contributed by atoms with Gasteiger partial charge in [-0.05, 0) is 16.7 Å². The molecule has 5 aromatic rings. The summed E-state index contributed by atoms with van der Waals surface area (Å²) in [6, 6.07) is 32.0. The van der Waals surface area contributed by atoms with Crippen molar-refractivity contribution in [1.29, 1.82) is 5.26 Å². The van der Waals surface area contributed by atoms with E-state index in [0.717, 1.165) is 16.7 Å². The zero-order valence-electron chi connectivity index (χ0n) is 22.9. The highest BCUT2D eigenvalue weighted by molar-refractivity contribution is 5.88. The molecule has 1 aliphatic heterocycles. The van der Waals surface area contributed by atoms with E-state index in [1.807, 2.05) is 91.0 Å². The van der Waals surface area contributed by atoms with E-state index in [9.17, 15) is 5.26 Å². The van der Waals surface area contributed by atoms with Gasteiger partial charge in [0.05, 0.1) is 26.4 Å². The van der Waals surface area contributed by atoms with Crippen LogP contribution in [-0.2, 0) is 44.4 Å². The van der Waals surface area contributed by atoms with E-state index in [-0.39, 0.29) is 19.0 Å². The van der Waals surface area contributed by atoms with E-state index in [4.69, 9.17) is 24.7 Å². The number of fused-ring (bicyclic) bond motifs is 1. The van der Waals surface area contributed by atoms with Gasteiger partial charge in [0.1, 0.15) is 41.7 Å². The molecule has 1 fully saturated rings. The molecular formula is C33H31N5O4. The summed E-state index contributed by atoms with van der Waals surface area (Å²) in [5, 5.41) is 10.9. The Kier molecular flexibility index (Phi) is 8.21. The monoisotopic (exact) mass is 561 g/mol. The number of aromatic nitrogens is 3. The van der Waals surface area contributed by atoms with Crippen LogP contribution in [0.15, 0.2) is 104 Å². The largest absolute Gasteiger partial charge is 0.382 e. The first-order valence-corrected chi connectivity index (χ1v) is 13.8. The van der Waals surface area contributed by atoms with Gasteiger partial charge in [0.25, 0.3) is 0 Å². The van der Waals surface area contributed by atoms with Crippen molar-refractivity contribution in [3.8, 4) is 6.07 Å². The normalized spacial score (nSPS) is 21.8. The molecule has 2 aromatic heterocycles. The van der Waals surface area contributed by atoms with Gasteiger partial charge in [0.15, 0.2) is 5.82 Å². The molecule has 3 heterocycles. The van der Waals surface area contributed by atoms with Gasteiger partial charge in [-0.1, -0.05) is 91.0 Å². The van der Waals surface area contributed by atoms with E-state index < -0.39 is 23.9 Å². The van der Waals surface area contributed by atoms with Crippen LogP contribution in [0.1, 0.15) is 22.3 Å². The topological polar surface area (TPSA) is 128 Å². The summed E-state index contributed by atoms with van der Waals surface area (Å²) in [7, 11) is 0. The molecule has 0 bridgehead atoms. The van der Waals surface area contributed by atoms with Gasteiger partial charge in [-0.3, -0.25) is 0 Å². The zero-order chi connectivity index (χ0) is 28.8. The number of nitrogen functional groups attached to an aromatic ring is 1.